The molecule has 4 aromatic rings. The molecule has 33 heavy (non-hydrogen) atoms. The van der Waals surface area contributed by atoms with Crippen LogP contribution in [0.15, 0.2) is 70.2 Å². The smallest absolute Gasteiger partial charge is 0.240 e. The summed E-state index contributed by atoms with van der Waals surface area (Å²) in [5, 5.41) is 4.20. The zero-order valence-electron chi connectivity index (χ0n) is 18.1. The number of hydrogen-bond acceptors (Lipinski definition) is 7. The van der Waals surface area contributed by atoms with Crippen LogP contribution in [0.2, 0.25) is 0 Å². The molecule has 0 saturated carbocycles. The van der Waals surface area contributed by atoms with Crippen LogP contribution in [0.4, 0.5) is 5.82 Å². The molecule has 0 aliphatic carbocycles. The van der Waals surface area contributed by atoms with Gasteiger partial charge in [0.1, 0.15) is 17.9 Å². The summed E-state index contributed by atoms with van der Waals surface area (Å²) >= 11 is 0. The molecule has 0 amide bonds. The van der Waals surface area contributed by atoms with Gasteiger partial charge in [-0.2, -0.15) is 0 Å². The molecule has 0 spiro atoms. The Morgan fingerprint density at radius 1 is 1.03 bits per heavy atom. The van der Waals surface area contributed by atoms with Crippen molar-refractivity contribution in [1.29, 1.82) is 0 Å². The Balaban J connectivity index is 1.63. The van der Waals surface area contributed by atoms with Gasteiger partial charge in [-0.25, -0.2) is 23.1 Å². The molecule has 1 aliphatic heterocycles. The first-order valence-electron chi connectivity index (χ1n) is 10.8. The maximum Gasteiger partial charge on any atom is 0.240 e. The van der Waals surface area contributed by atoms with Crippen LogP contribution in [0.5, 0.6) is 0 Å². The van der Waals surface area contributed by atoms with Gasteiger partial charge in [0.05, 0.1) is 16.4 Å². The maximum absolute atomic E-state index is 12.1. The van der Waals surface area contributed by atoms with Crippen LogP contribution in [0, 0.1) is 0 Å². The molecule has 2 aromatic carbocycles. The Kier molecular flexibility index (Phi) is 5.84. The molecule has 1 aliphatic rings. The second-order valence-corrected chi connectivity index (χ2v) is 9.71. The molecule has 9 heteroatoms. The fourth-order valence-corrected chi connectivity index (χ4v) is 4.80. The molecule has 0 unspecified atom stereocenters. The third-order valence-corrected chi connectivity index (χ3v) is 7.20. The van der Waals surface area contributed by atoms with Gasteiger partial charge in [-0.1, -0.05) is 30.3 Å². The lowest BCUT2D eigenvalue weighted by Gasteiger charge is -2.12. The number of anilines is 1. The number of ether oxygens (including phenoxy) is 1. The van der Waals surface area contributed by atoms with E-state index in [4.69, 9.17) is 9.15 Å². The highest BCUT2D eigenvalue weighted by Crippen LogP contribution is 2.42. The van der Waals surface area contributed by atoms with Crippen molar-refractivity contribution in [3.8, 4) is 22.5 Å². The number of furan rings is 1. The van der Waals surface area contributed by atoms with Gasteiger partial charge in [0.15, 0.2) is 0 Å². The summed E-state index contributed by atoms with van der Waals surface area (Å²) in [6.45, 7) is 1.44. The highest BCUT2D eigenvalue weighted by molar-refractivity contribution is 7.89. The highest BCUT2D eigenvalue weighted by Gasteiger charge is 2.23. The maximum atomic E-state index is 12.1. The van der Waals surface area contributed by atoms with Gasteiger partial charge in [-0.15, -0.1) is 0 Å². The molecule has 1 fully saturated rings. The van der Waals surface area contributed by atoms with Gasteiger partial charge in [-0.05, 0) is 49.7 Å². The van der Waals surface area contributed by atoms with Crippen molar-refractivity contribution in [3.63, 3.8) is 0 Å². The number of fused-ring (bicyclic) bond motifs is 1. The Morgan fingerprint density at radius 2 is 1.82 bits per heavy atom. The van der Waals surface area contributed by atoms with Gasteiger partial charge < -0.3 is 14.5 Å². The summed E-state index contributed by atoms with van der Waals surface area (Å²) in [4.78, 5) is 9.05. The first-order chi connectivity index (χ1) is 16.1. The summed E-state index contributed by atoms with van der Waals surface area (Å²) < 4.78 is 38.6. The van der Waals surface area contributed by atoms with Crippen LogP contribution in [0.3, 0.4) is 0 Å². The Labute approximate surface area is 192 Å². The zero-order valence-corrected chi connectivity index (χ0v) is 18.9. The lowest BCUT2D eigenvalue weighted by Crippen LogP contribution is -2.19. The molecule has 2 aromatic heterocycles. The van der Waals surface area contributed by atoms with E-state index in [1.807, 2.05) is 30.3 Å². The Bertz CT molecular complexity index is 1360. The second-order valence-electron chi connectivity index (χ2n) is 7.82. The Morgan fingerprint density at radius 3 is 2.52 bits per heavy atom. The van der Waals surface area contributed by atoms with Crippen LogP contribution >= 0.6 is 0 Å². The van der Waals surface area contributed by atoms with E-state index in [1.54, 1.807) is 24.3 Å². The minimum atomic E-state index is -3.53. The molecule has 8 nitrogen and oxygen atoms in total. The third kappa shape index (κ3) is 4.22. The molecule has 1 saturated heterocycles. The van der Waals surface area contributed by atoms with E-state index in [2.05, 4.69) is 20.0 Å². The van der Waals surface area contributed by atoms with Crippen molar-refractivity contribution < 1.29 is 17.6 Å². The molecule has 0 radical (unpaired) electrons. The zero-order chi connectivity index (χ0) is 22.8. The first kappa shape index (κ1) is 21.6. The highest BCUT2D eigenvalue weighted by atomic mass is 32.2. The van der Waals surface area contributed by atoms with E-state index in [-0.39, 0.29) is 11.0 Å². The van der Waals surface area contributed by atoms with Gasteiger partial charge >= 0.3 is 0 Å². The van der Waals surface area contributed by atoms with Gasteiger partial charge in [0.25, 0.3) is 0 Å². The first-order valence-corrected chi connectivity index (χ1v) is 12.3. The van der Waals surface area contributed by atoms with E-state index < -0.39 is 10.0 Å². The normalized spacial score (nSPS) is 16.3. The molecule has 2 N–H and O–H groups in total. The molecule has 1 atom stereocenters. The van der Waals surface area contributed by atoms with Crippen molar-refractivity contribution >= 4 is 26.9 Å². The fourth-order valence-electron chi connectivity index (χ4n) is 4.07. The number of nitrogens with one attached hydrogen (secondary N) is 2. The lowest BCUT2D eigenvalue weighted by molar-refractivity contribution is 0.120. The average molecular weight is 465 g/mol. The molecular formula is C24H24N4O4S. The molecule has 0 bridgehead atoms. The SMILES string of the molecule is CNS(=O)(=O)c1ccc(-c2oc3ncnc(NC[C@@H]4CCCO4)c3c2-c2ccccc2)cc1. The van der Waals surface area contributed by atoms with Crippen molar-refractivity contribution in [2.45, 2.75) is 23.8 Å². The van der Waals surface area contributed by atoms with E-state index >= 15 is 0 Å². The number of aromatic nitrogens is 2. The Hall–Kier alpha value is -3.27. The number of hydrogen-bond donors (Lipinski definition) is 2. The molecule has 5 rings (SSSR count). The average Bonchev–Trinajstić information content (AvgIpc) is 3.51. The lowest BCUT2D eigenvalue weighted by atomic mass is 9.99. The van der Waals surface area contributed by atoms with Crippen molar-refractivity contribution in [2.24, 2.45) is 0 Å². The van der Waals surface area contributed by atoms with E-state index in [9.17, 15) is 8.42 Å². The largest absolute Gasteiger partial charge is 0.437 e. The minimum absolute atomic E-state index is 0.156. The quantitative estimate of drug-likeness (QED) is 0.425. The van der Waals surface area contributed by atoms with Crippen molar-refractivity contribution in [1.82, 2.24) is 14.7 Å². The number of rotatable bonds is 7. The van der Waals surface area contributed by atoms with Crippen LogP contribution in [-0.2, 0) is 14.8 Å². The van der Waals surface area contributed by atoms with Crippen LogP contribution < -0.4 is 10.0 Å². The van der Waals surface area contributed by atoms with E-state index in [1.165, 1.54) is 13.4 Å². The summed E-state index contributed by atoms with van der Waals surface area (Å²) in [5.74, 6) is 1.28. The second kappa shape index (κ2) is 8.93. The molecule has 3 heterocycles. The number of sulfonamides is 1. The summed E-state index contributed by atoms with van der Waals surface area (Å²) in [6.07, 6.45) is 3.72. The van der Waals surface area contributed by atoms with Gasteiger partial charge in [-0.3, -0.25) is 0 Å². The van der Waals surface area contributed by atoms with Crippen LogP contribution in [0.25, 0.3) is 33.6 Å². The molecule has 170 valence electrons. The predicted octanol–water partition coefficient (Wildman–Crippen LogP) is 4.06. The van der Waals surface area contributed by atoms with E-state index in [0.717, 1.165) is 41.5 Å². The van der Waals surface area contributed by atoms with Crippen molar-refractivity contribution in [2.75, 3.05) is 25.5 Å². The van der Waals surface area contributed by atoms with E-state index in [0.29, 0.717) is 23.8 Å². The van der Waals surface area contributed by atoms with Gasteiger partial charge in [0.2, 0.25) is 15.7 Å². The predicted molar refractivity (Wildman–Crippen MR) is 126 cm³/mol. The summed E-state index contributed by atoms with van der Waals surface area (Å²) in [6, 6.07) is 16.5. The summed E-state index contributed by atoms with van der Waals surface area (Å²) in [5.41, 5.74) is 3.01. The number of nitrogens with zero attached hydrogens (tertiary/aromatic N) is 2. The van der Waals surface area contributed by atoms with Crippen LogP contribution in [0.1, 0.15) is 12.8 Å². The third-order valence-electron chi connectivity index (χ3n) is 5.77. The van der Waals surface area contributed by atoms with Crippen LogP contribution in [-0.4, -0.2) is 44.7 Å². The van der Waals surface area contributed by atoms with Crippen molar-refractivity contribution in [3.05, 3.63) is 60.9 Å². The number of benzene rings is 2. The topological polar surface area (TPSA) is 106 Å². The summed E-state index contributed by atoms with van der Waals surface area (Å²) in [7, 11) is -2.14. The van der Waals surface area contributed by atoms with Gasteiger partial charge in [0, 0.05) is 24.3 Å². The minimum Gasteiger partial charge on any atom is -0.437 e. The molecular weight excluding hydrogens is 440 g/mol. The standard InChI is InChI=1S/C24H24N4O4S/c1-25-33(29,30)19-11-9-17(10-12-19)22-20(16-6-3-2-4-7-16)21-23(27-15-28-24(21)32-22)26-14-18-8-5-13-31-18/h2-4,6-7,9-12,15,18,25H,5,8,13-14H2,1H3,(H,26,27,28)/t18-/m0/s1. The monoisotopic (exact) mass is 464 g/mol. The fraction of sp³-hybridized carbons (Fsp3) is 0.250.